The highest BCUT2D eigenvalue weighted by Gasteiger charge is 2.09. The molecule has 4 rings (SSSR count). The Hall–Kier alpha value is -2.72. The van der Waals surface area contributed by atoms with E-state index in [-0.39, 0.29) is 0 Å². The second-order valence-electron chi connectivity index (χ2n) is 5.80. The van der Waals surface area contributed by atoms with Gasteiger partial charge in [-0.25, -0.2) is 9.67 Å². The summed E-state index contributed by atoms with van der Waals surface area (Å²) in [6.45, 7) is 2.58. The molecule has 0 amide bonds. The second kappa shape index (κ2) is 6.06. The molecule has 118 valence electrons. The van der Waals surface area contributed by atoms with Gasteiger partial charge < -0.3 is 0 Å². The Kier molecular flexibility index (Phi) is 3.75. The second-order valence-corrected chi connectivity index (χ2v) is 6.16. The van der Waals surface area contributed by atoms with Crippen LogP contribution in [0.5, 0.6) is 0 Å². The van der Waals surface area contributed by atoms with Crippen LogP contribution in [0.15, 0.2) is 60.8 Å². The van der Waals surface area contributed by atoms with E-state index < -0.39 is 0 Å². The molecular formula is C19H15ClN4. The summed E-state index contributed by atoms with van der Waals surface area (Å²) in [5.74, 6) is 0. The molecule has 0 atom stereocenters. The van der Waals surface area contributed by atoms with Crippen LogP contribution in [0.3, 0.4) is 0 Å². The Labute approximate surface area is 144 Å². The molecule has 2 aromatic heterocycles. The predicted molar refractivity (Wildman–Crippen MR) is 96.1 cm³/mol. The number of halogens is 1. The quantitative estimate of drug-likeness (QED) is 0.518. The van der Waals surface area contributed by atoms with E-state index in [0.717, 1.165) is 27.7 Å². The van der Waals surface area contributed by atoms with Crippen LogP contribution in [0.1, 0.15) is 11.1 Å². The Morgan fingerprint density at radius 2 is 1.88 bits per heavy atom. The number of fused-ring (bicyclic) bond motifs is 1. The standard InChI is InChI=1S/C19H15ClN4/c1-13-7-8-15-10-16(19(20)21-17(15)9-13)11-24-12-18(22-23-24)14-5-3-2-4-6-14/h2-10,12H,11H2,1H3. The van der Waals surface area contributed by atoms with Crippen molar-refractivity contribution in [2.75, 3.05) is 0 Å². The maximum Gasteiger partial charge on any atom is 0.134 e. The van der Waals surface area contributed by atoms with Crippen molar-refractivity contribution >= 4 is 22.5 Å². The first kappa shape index (κ1) is 14.8. The molecule has 0 unspecified atom stereocenters. The molecule has 0 spiro atoms. The largest absolute Gasteiger partial charge is 0.247 e. The van der Waals surface area contributed by atoms with Gasteiger partial charge in [-0.15, -0.1) is 5.10 Å². The number of benzene rings is 2. The van der Waals surface area contributed by atoms with Gasteiger partial charge >= 0.3 is 0 Å². The molecule has 5 heteroatoms. The molecule has 0 fully saturated rings. The first-order valence-corrected chi connectivity index (χ1v) is 8.08. The van der Waals surface area contributed by atoms with Crippen LogP contribution in [0.25, 0.3) is 22.2 Å². The fourth-order valence-electron chi connectivity index (χ4n) is 2.70. The fourth-order valence-corrected chi connectivity index (χ4v) is 2.91. The average molecular weight is 335 g/mol. The number of aryl methyl sites for hydroxylation is 1. The highest BCUT2D eigenvalue weighted by molar-refractivity contribution is 6.30. The SMILES string of the molecule is Cc1ccc2cc(Cn3cc(-c4ccccc4)nn3)c(Cl)nc2c1. The Balaban J connectivity index is 1.66. The molecule has 4 nitrogen and oxygen atoms in total. The van der Waals surface area contributed by atoms with Crippen molar-refractivity contribution in [2.45, 2.75) is 13.5 Å². The summed E-state index contributed by atoms with van der Waals surface area (Å²) in [6, 6.07) is 18.2. The summed E-state index contributed by atoms with van der Waals surface area (Å²) >= 11 is 6.36. The summed E-state index contributed by atoms with van der Waals surface area (Å²) in [6.07, 6.45) is 1.92. The average Bonchev–Trinajstić information content (AvgIpc) is 3.05. The van der Waals surface area contributed by atoms with Gasteiger partial charge in [-0.1, -0.05) is 59.3 Å². The van der Waals surface area contributed by atoms with Crippen molar-refractivity contribution < 1.29 is 0 Å². The maximum absolute atomic E-state index is 6.36. The van der Waals surface area contributed by atoms with Crippen LogP contribution in [-0.4, -0.2) is 20.0 Å². The Morgan fingerprint density at radius 3 is 2.71 bits per heavy atom. The molecule has 2 aromatic carbocycles. The number of nitrogens with zero attached hydrogens (tertiary/aromatic N) is 4. The number of hydrogen-bond acceptors (Lipinski definition) is 3. The van der Waals surface area contributed by atoms with Gasteiger partial charge in [-0.05, 0) is 24.6 Å². The number of aromatic nitrogens is 4. The minimum atomic E-state index is 0.505. The fraction of sp³-hybridized carbons (Fsp3) is 0.105. The molecule has 0 N–H and O–H groups in total. The van der Waals surface area contributed by atoms with Crippen LogP contribution >= 0.6 is 11.6 Å². The lowest BCUT2D eigenvalue weighted by Crippen LogP contribution is -2.02. The molecule has 0 aliphatic heterocycles. The van der Waals surface area contributed by atoms with Crippen LogP contribution < -0.4 is 0 Å². The van der Waals surface area contributed by atoms with Crippen molar-refractivity contribution in [3.8, 4) is 11.3 Å². The zero-order valence-corrected chi connectivity index (χ0v) is 13.9. The van der Waals surface area contributed by atoms with E-state index in [1.54, 1.807) is 4.68 Å². The van der Waals surface area contributed by atoms with Crippen LogP contribution in [0.4, 0.5) is 0 Å². The van der Waals surface area contributed by atoms with Crippen LogP contribution in [0, 0.1) is 6.92 Å². The molecule has 0 aliphatic rings. The van der Waals surface area contributed by atoms with E-state index in [4.69, 9.17) is 11.6 Å². The van der Waals surface area contributed by atoms with E-state index in [1.807, 2.05) is 49.5 Å². The summed E-state index contributed by atoms with van der Waals surface area (Å²) in [4.78, 5) is 4.50. The Bertz CT molecular complexity index is 1010. The third-order valence-corrected chi connectivity index (χ3v) is 4.27. The van der Waals surface area contributed by atoms with Gasteiger partial charge in [0, 0.05) is 16.5 Å². The smallest absolute Gasteiger partial charge is 0.134 e. The van der Waals surface area contributed by atoms with Gasteiger partial charge in [-0.2, -0.15) is 0 Å². The van der Waals surface area contributed by atoms with Gasteiger partial charge in [0.25, 0.3) is 0 Å². The number of hydrogen-bond donors (Lipinski definition) is 0. The molecule has 0 bridgehead atoms. The van der Waals surface area contributed by atoms with Gasteiger partial charge in [0.1, 0.15) is 10.8 Å². The van der Waals surface area contributed by atoms with Crippen molar-refractivity contribution in [2.24, 2.45) is 0 Å². The lowest BCUT2D eigenvalue weighted by Gasteiger charge is -2.06. The van der Waals surface area contributed by atoms with Gasteiger partial charge in [0.15, 0.2) is 0 Å². The number of pyridine rings is 1. The minimum Gasteiger partial charge on any atom is -0.247 e. The highest BCUT2D eigenvalue weighted by atomic mass is 35.5. The number of rotatable bonds is 3. The van der Waals surface area contributed by atoms with E-state index in [9.17, 15) is 0 Å². The zero-order chi connectivity index (χ0) is 16.5. The van der Waals surface area contributed by atoms with Gasteiger partial charge in [0.05, 0.1) is 18.3 Å². The lowest BCUT2D eigenvalue weighted by molar-refractivity contribution is 0.649. The van der Waals surface area contributed by atoms with Crippen molar-refractivity contribution in [3.63, 3.8) is 0 Å². The molecule has 0 saturated heterocycles. The van der Waals surface area contributed by atoms with Crippen molar-refractivity contribution in [1.29, 1.82) is 0 Å². The predicted octanol–water partition coefficient (Wildman–Crippen LogP) is 4.50. The minimum absolute atomic E-state index is 0.505. The normalized spacial score (nSPS) is 11.1. The molecule has 0 aliphatic carbocycles. The van der Waals surface area contributed by atoms with Crippen molar-refractivity contribution in [3.05, 3.63) is 77.1 Å². The van der Waals surface area contributed by atoms with E-state index >= 15 is 0 Å². The van der Waals surface area contributed by atoms with E-state index in [1.165, 1.54) is 5.56 Å². The topological polar surface area (TPSA) is 43.6 Å². The maximum atomic E-state index is 6.36. The van der Waals surface area contributed by atoms with E-state index in [2.05, 4.69) is 33.5 Å². The molecular weight excluding hydrogens is 320 g/mol. The lowest BCUT2D eigenvalue weighted by atomic mass is 10.1. The summed E-state index contributed by atoms with van der Waals surface area (Å²) in [7, 11) is 0. The summed E-state index contributed by atoms with van der Waals surface area (Å²) in [5.41, 5.74) is 4.89. The zero-order valence-electron chi connectivity index (χ0n) is 13.1. The summed E-state index contributed by atoms with van der Waals surface area (Å²) in [5, 5.41) is 10.0. The molecule has 24 heavy (non-hydrogen) atoms. The third kappa shape index (κ3) is 2.88. The first-order valence-electron chi connectivity index (χ1n) is 7.70. The molecule has 4 aromatic rings. The first-order chi connectivity index (χ1) is 11.7. The van der Waals surface area contributed by atoms with E-state index in [0.29, 0.717) is 11.7 Å². The van der Waals surface area contributed by atoms with Crippen LogP contribution in [0.2, 0.25) is 5.15 Å². The molecule has 0 saturated carbocycles. The highest BCUT2D eigenvalue weighted by Crippen LogP contribution is 2.23. The van der Waals surface area contributed by atoms with Gasteiger partial charge in [0.2, 0.25) is 0 Å². The molecule has 2 heterocycles. The summed E-state index contributed by atoms with van der Waals surface area (Å²) < 4.78 is 1.78. The Morgan fingerprint density at radius 1 is 1.04 bits per heavy atom. The van der Waals surface area contributed by atoms with Gasteiger partial charge in [-0.3, -0.25) is 0 Å². The monoisotopic (exact) mass is 334 g/mol. The third-order valence-electron chi connectivity index (χ3n) is 3.94. The van der Waals surface area contributed by atoms with Crippen molar-refractivity contribution in [1.82, 2.24) is 20.0 Å². The molecule has 0 radical (unpaired) electrons. The van der Waals surface area contributed by atoms with Crippen LogP contribution in [-0.2, 0) is 6.54 Å².